The number of imidazole rings is 1. The van der Waals surface area contributed by atoms with Gasteiger partial charge in [-0.15, -0.1) is 0 Å². The van der Waals surface area contributed by atoms with E-state index in [-0.39, 0.29) is 36.0 Å². The molecule has 0 saturated heterocycles. The van der Waals surface area contributed by atoms with Gasteiger partial charge in [-0.25, -0.2) is 9.97 Å². The Balaban J connectivity index is 1.67. The Labute approximate surface area is 213 Å². The minimum absolute atomic E-state index is 0.0763. The van der Waals surface area contributed by atoms with Crippen molar-refractivity contribution < 1.29 is 49.6 Å². The van der Waals surface area contributed by atoms with Crippen molar-refractivity contribution in [2.75, 3.05) is 31.9 Å². The van der Waals surface area contributed by atoms with E-state index in [0.717, 1.165) is 11.8 Å². The topological polar surface area (TPSA) is 158 Å². The summed E-state index contributed by atoms with van der Waals surface area (Å²) in [6.45, 7) is -4.62. The lowest BCUT2D eigenvalue weighted by Gasteiger charge is -2.20. The molecule has 0 aliphatic rings. The van der Waals surface area contributed by atoms with Crippen LogP contribution in [0.1, 0.15) is 0 Å². The van der Waals surface area contributed by atoms with Crippen molar-refractivity contribution in [3.8, 4) is 0 Å². The van der Waals surface area contributed by atoms with Crippen molar-refractivity contribution in [1.82, 2.24) is 19.5 Å². The van der Waals surface area contributed by atoms with Gasteiger partial charge in [0.25, 0.3) is 5.69 Å². The molecule has 0 bridgehead atoms. The summed E-state index contributed by atoms with van der Waals surface area (Å²) in [5.41, 5.74) is 6.17. The third-order valence-electron chi connectivity index (χ3n) is 4.29. The molecule has 2 heterocycles. The Hall–Kier alpha value is -2.99. The molecule has 20 heteroatoms. The first-order chi connectivity index (χ1) is 17.6. The molecule has 2 aromatic heterocycles. The smallest absolute Gasteiger partial charge is 0.368 e. The van der Waals surface area contributed by atoms with Gasteiger partial charge in [-0.3, -0.25) is 23.7 Å². The van der Waals surface area contributed by atoms with Crippen LogP contribution in [-0.2, 0) is 24.9 Å². The standard InChI is InChI=1S/C18H17F6N6O6PS/c19-17(20,21)7-35-37(33,36-8-18(22,23)24)10-34-6-5-29-9-26-13-14(29)27-16(25)28-15(13)38-12-3-1-11(2-4-12)30(31)32/h1-4,9H,5-8,10H2,(H2,25,27,28). The quantitative estimate of drug-likeness (QED) is 0.0772. The van der Waals surface area contributed by atoms with Crippen LogP contribution < -0.4 is 5.73 Å². The third kappa shape index (κ3) is 8.80. The van der Waals surface area contributed by atoms with Crippen LogP contribution in [0, 0.1) is 10.1 Å². The molecule has 0 amide bonds. The van der Waals surface area contributed by atoms with Crippen molar-refractivity contribution in [2.45, 2.75) is 28.8 Å². The van der Waals surface area contributed by atoms with Crippen LogP contribution in [0.4, 0.5) is 38.0 Å². The van der Waals surface area contributed by atoms with Crippen LogP contribution in [0.2, 0.25) is 0 Å². The number of fused-ring (bicyclic) bond motifs is 1. The van der Waals surface area contributed by atoms with Gasteiger partial charge in [0, 0.05) is 23.6 Å². The molecule has 2 N–H and O–H groups in total. The maximum absolute atomic E-state index is 12.4. The highest BCUT2D eigenvalue weighted by atomic mass is 32.2. The van der Waals surface area contributed by atoms with Crippen LogP contribution in [0.3, 0.4) is 0 Å². The van der Waals surface area contributed by atoms with Gasteiger partial charge in [-0.1, -0.05) is 11.8 Å². The number of non-ortho nitro benzene ring substituents is 1. The van der Waals surface area contributed by atoms with E-state index < -0.39 is 44.4 Å². The summed E-state index contributed by atoms with van der Waals surface area (Å²) >= 11 is 1.10. The van der Waals surface area contributed by atoms with Gasteiger partial charge in [0.15, 0.2) is 18.9 Å². The SMILES string of the molecule is Nc1nc(Sc2ccc([N+](=O)[O-])cc2)c2ncn(CCOCP(=O)(OCC(F)(F)F)OCC(F)(F)F)c2n1. The minimum Gasteiger partial charge on any atom is -0.368 e. The zero-order valence-electron chi connectivity index (χ0n) is 18.8. The van der Waals surface area contributed by atoms with Gasteiger partial charge in [0.05, 0.1) is 17.9 Å². The number of aromatic nitrogens is 4. The fourth-order valence-electron chi connectivity index (χ4n) is 2.71. The normalized spacial score (nSPS) is 12.8. The number of nitro benzene ring substituents is 1. The summed E-state index contributed by atoms with van der Waals surface area (Å²) in [7, 11) is -4.91. The first-order valence-electron chi connectivity index (χ1n) is 10.1. The van der Waals surface area contributed by atoms with Gasteiger partial charge in [0.1, 0.15) is 16.9 Å². The minimum atomic E-state index is -4.96. The Kier molecular flexibility index (Phi) is 9.19. The molecule has 208 valence electrons. The zero-order chi connectivity index (χ0) is 28.1. The maximum atomic E-state index is 12.4. The number of nitrogens with zero attached hydrogens (tertiary/aromatic N) is 5. The first-order valence-corrected chi connectivity index (χ1v) is 12.7. The van der Waals surface area contributed by atoms with E-state index in [1.165, 1.54) is 35.2 Å². The predicted octanol–water partition coefficient (Wildman–Crippen LogP) is 4.79. The van der Waals surface area contributed by atoms with Crippen LogP contribution in [-0.4, -0.2) is 63.0 Å². The number of halogens is 6. The summed E-state index contributed by atoms with van der Waals surface area (Å²) < 4.78 is 101. The summed E-state index contributed by atoms with van der Waals surface area (Å²) in [6, 6.07) is 5.60. The number of hydrogen-bond donors (Lipinski definition) is 1. The number of alkyl halides is 6. The van der Waals surface area contributed by atoms with Crippen LogP contribution in [0.5, 0.6) is 0 Å². The maximum Gasteiger partial charge on any atom is 0.412 e. The molecule has 3 aromatic rings. The third-order valence-corrected chi connectivity index (χ3v) is 6.82. The van der Waals surface area contributed by atoms with Crippen LogP contribution >= 0.6 is 19.4 Å². The number of benzene rings is 1. The fraction of sp³-hybridized carbons (Fsp3) is 0.389. The van der Waals surface area contributed by atoms with Gasteiger partial charge in [-0.2, -0.15) is 31.3 Å². The number of nitrogen functional groups attached to an aromatic ring is 1. The van der Waals surface area contributed by atoms with E-state index in [9.17, 15) is 41.0 Å². The van der Waals surface area contributed by atoms with Gasteiger partial charge < -0.3 is 15.0 Å². The molecule has 0 aliphatic carbocycles. The number of anilines is 1. The van der Waals surface area contributed by atoms with E-state index >= 15 is 0 Å². The van der Waals surface area contributed by atoms with Gasteiger partial charge in [-0.05, 0) is 12.1 Å². The molecule has 1 aromatic carbocycles. The molecular weight excluding hydrogens is 573 g/mol. The molecular formula is C18H17F6N6O6PS. The molecule has 0 fully saturated rings. The molecule has 12 nitrogen and oxygen atoms in total. The second-order valence-electron chi connectivity index (χ2n) is 7.28. The van der Waals surface area contributed by atoms with Gasteiger partial charge in [0.2, 0.25) is 5.95 Å². The lowest BCUT2D eigenvalue weighted by Crippen LogP contribution is -2.21. The van der Waals surface area contributed by atoms with E-state index in [1.807, 2.05) is 0 Å². The molecule has 0 radical (unpaired) electrons. The predicted molar refractivity (Wildman–Crippen MR) is 119 cm³/mol. The Morgan fingerprint density at radius 3 is 2.21 bits per heavy atom. The van der Waals surface area contributed by atoms with Crippen molar-refractivity contribution in [3.63, 3.8) is 0 Å². The summed E-state index contributed by atoms with van der Waals surface area (Å²) in [4.78, 5) is 23.2. The largest absolute Gasteiger partial charge is 0.412 e. The lowest BCUT2D eigenvalue weighted by molar-refractivity contribution is -0.384. The van der Waals surface area contributed by atoms with E-state index in [2.05, 4.69) is 24.0 Å². The van der Waals surface area contributed by atoms with Crippen LogP contribution in [0.25, 0.3) is 11.2 Å². The molecule has 38 heavy (non-hydrogen) atoms. The molecule has 0 saturated carbocycles. The highest BCUT2D eigenvalue weighted by molar-refractivity contribution is 7.99. The lowest BCUT2D eigenvalue weighted by atomic mass is 10.3. The van der Waals surface area contributed by atoms with E-state index in [0.29, 0.717) is 9.92 Å². The zero-order valence-corrected chi connectivity index (χ0v) is 20.5. The summed E-state index contributed by atoms with van der Waals surface area (Å²) in [6.07, 6.45) is -9.79. The number of nitro groups is 1. The Bertz CT molecular complexity index is 1300. The van der Waals surface area contributed by atoms with Crippen molar-refractivity contribution >= 4 is 42.2 Å². The fourth-order valence-corrected chi connectivity index (χ4v) is 4.85. The molecule has 0 atom stereocenters. The van der Waals surface area contributed by atoms with Gasteiger partial charge >= 0.3 is 19.9 Å². The number of hydrogen-bond acceptors (Lipinski definition) is 11. The highest BCUT2D eigenvalue weighted by Gasteiger charge is 2.38. The van der Waals surface area contributed by atoms with Crippen LogP contribution in [0.15, 0.2) is 40.5 Å². The Morgan fingerprint density at radius 1 is 1.05 bits per heavy atom. The average molecular weight is 590 g/mol. The van der Waals surface area contributed by atoms with E-state index in [4.69, 9.17) is 10.5 Å². The second kappa shape index (κ2) is 11.8. The second-order valence-corrected chi connectivity index (χ2v) is 10.3. The summed E-state index contributed by atoms with van der Waals surface area (Å²) in [5, 5.41) is 11.1. The Morgan fingerprint density at radius 2 is 1.66 bits per heavy atom. The van der Waals surface area contributed by atoms with Crippen molar-refractivity contribution in [1.29, 1.82) is 0 Å². The number of ether oxygens (including phenoxy) is 1. The molecule has 0 unspecified atom stereocenters. The van der Waals surface area contributed by atoms with Crippen molar-refractivity contribution in [3.05, 3.63) is 40.7 Å². The molecule has 0 aliphatic heterocycles. The number of nitrogens with two attached hydrogens (primary N) is 1. The monoisotopic (exact) mass is 590 g/mol. The molecule has 0 spiro atoms. The highest BCUT2D eigenvalue weighted by Crippen LogP contribution is 2.50. The van der Waals surface area contributed by atoms with E-state index in [1.54, 1.807) is 0 Å². The average Bonchev–Trinajstić information content (AvgIpc) is 3.22. The first kappa shape index (κ1) is 29.6. The van der Waals surface area contributed by atoms with Crippen molar-refractivity contribution in [2.24, 2.45) is 0 Å². The summed E-state index contributed by atoms with van der Waals surface area (Å²) in [5.74, 6) is -0.143. The molecule has 3 rings (SSSR count). The number of rotatable bonds is 12.